The van der Waals surface area contributed by atoms with Crippen molar-refractivity contribution in [2.75, 3.05) is 0 Å². The minimum atomic E-state index is -1.10. The van der Waals surface area contributed by atoms with Crippen LogP contribution in [-0.2, 0) is 0 Å². The predicted octanol–water partition coefficient (Wildman–Crippen LogP) is 2.58. The van der Waals surface area contributed by atoms with E-state index < -0.39 is 5.97 Å². The zero-order valence-electron chi connectivity index (χ0n) is 9.50. The lowest BCUT2D eigenvalue weighted by Crippen LogP contribution is -1.95. The van der Waals surface area contributed by atoms with E-state index in [2.05, 4.69) is 5.16 Å². The molecule has 1 saturated carbocycles. The number of rotatable bonds is 4. The molecule has 1 aromatic heterocycles. The lowest BCUT2D eigenvalue weighted by Gasteiger charge is -2.03. The van der Waals surface area contributed by atoms with Crippen molar-refractivity contribution >= 4 is 5.97 Å². The number of carboxylic acids is 1. The van der Waals surface area contributed by atoms with Crippen LogP contribution in [0.15, 0.2) is 34.9 Å². The van der Waals surface area contributed by atoms with E-state index in [1.54, 1.807) is 0 Å². The van der Waals surface area contributed by atoms with Crippen LogP contribution in [0.4, 0.5) is 0 Å². The molecule has 1 aromatic carbocycles. The predicted molar refractivity (Wildman–Crippen MR) is 62.5 cm³/mol. The molecule has 5 heteroatoms. The Labute approximate surface area is 103 Å². The van der Waals surface area contributed by atoms with E-state index in [-0.39, 0.29) is 5.69 Å². The first kappa shape index (κ1) is 10.8. The van der Waals surface area contributed by atoms with Crippen molar-refractivity contribution in [3.8, 4) is 17.1 Å². The summed E-state index contributed by atoms with van der Waals surface area (Å²) in [4.78, 5) is 10.7. The Morgan fingerprint density at radius 2 is 2.06 bits per heavy atom. The van der Waals surface area contributed by atoms with E-state index in [9.17, 15) is 4.79 Å². The normalized spacial score (nSPS) is 14.4. The largest absolute Gasteiger partial charge is 0.490 e. The first-order valence-corrected chi connectivity index (χ1v) is 5.69. The number of aromatic nitrogens is 1. The summed E-state index contributed by atoms with van der Waals surface area (Å²) in [6.45, 7) is 0. The zero-order valence-corrected chi connectivity index (χ0v) is 9.50. The number of ether oxygens (including phenoxy) is 1. The molecule has 1 aliphatic rings. The fourth-order valence-electron chi connectivity index (χ4n) is 1.59. The number of aromatic carboxylic acids is 1. The van der Waals surface area contributed by atoms with Gasteiger partial charge in [-0.05, 0) is 37.1 Å². The highest BCUT2D eigenvalue weighted by atomic mass is 16.5. The molecule has 0 amide bonds. The van der Waals surface area contributed by atoms with Crippen molar-refractivity contribution in [1.29, 1.82) is 0 Å². The summed E-state index contributed by atoms with van der Waals surface area (Å²) in [5, 5.41) is 12.2. The third-order valence-corrected chi connectivity index (χ3v) is 2.70. The average Bonchev–Trinajstić information content (AvgIpc) is 3.04. The highest BCUT2D eigenvalue weighted by Crippen LogP contribution is 2.28. The average molecular weight is 245 g/mol. The summed E-state index contributed by atoms with van der Waals surface area (Å²) in [7, 11) is 0. The summed E-state index contributed by atoms with van der Waals surface area (Å²) in [5.41, 5.74) is 0.682. The molecule has 2 aromatic rings. The van der Waals surface area contributed by atoms with Crippen LogP contribution in [0.3, 0.4) is 0 Å². The molecule has 1 fully saturated rings. The van der Waals surface area contributed by atoms with Crippen LogP contribution in [0.1, 0.15) is 23.3 Å². The van der Waals surface area contributed by atoms with Crippen molar-refractivity contribution < 1.29 is 19.2 Å². The van der Waals surface area contributed by atoms with E-state index in [4.69, 9.17) is 14.4 Å². The first-order valence-electron chi connectivity index (χ1n) is 5.69. The van der Waals surface area contributed by atoms with Crippen LogP contribution in [0, 0.1) is 0 Å². The molecule has 0 aliphatic heterocycles. The topological polar surface area (TPSA) is 72.6 Å². The maximum absolute atomic E-state index is 10.7. The van der Waals surface area contributed by atoms with Gasteiger partial charge in [0.25, 0.3) is 0 Å². The highest BCUT2D eigenvalue weighted by molar-refractivity contribution is 5.86. The van der Waals surface area contributed by atoms with E-state index >= 15 is 0 Å². The molecule has 18 heavy (non-hydrogen) atoms. The zero-order chi connectivity index (χ0) is 12.5. The fraction of sp³-hybridized carbons (Fsp3) is 0.231. The second-order valence-electron chi connectivity index (χ2n) is 4.22. The Bertz CT molecular complexity index is 569. The quantitative estimate of drug-likeness (QED) is 0.896. The van der Waals surface area contributed by atoms with Crippen molar-refractivity contribution in [2.45, 2.75) is 18.9 Å². The SMILES string of the molecule is O=C(O)c1cc(-c2ccc(OC3CC3)cc2)on1. The van der Waals surface area contributed by atoms with E-state index in [1.807, 2.05) is 24.3 Å². The van der Waals surface area contributed by atoms with E-state index in [0.29, 0.717) is 11.9 Å². The minimum absolute atomic E-state index is 0.0942. The van der Waals surface area contributed by atoms with Gasteiger partial charge >= 0.3 is 5.97 Å². The molecule has 0 atom stereocenters. The van der Waals surface area contributed by atoms with Gasteiger partial charge in [-0.25, -0.2) is 4.79 Å². The van der Waals surface area contributed by atoms with Gasteiger partial charge in [0.2, 0.25) is 0 Å². The van der Waals surface area contributed by atoms with E-state index in [0.717, 1.165) is 24.2 Å². The van der Waals surface area contributed by atoms with Crippen LogP contribution in [0.2, 0.25) is 0 Å². The number of nitrogens with zero attached hydrogens (tertiary/aromatic N) is 1. The standard InChI is InChI=1S/C13H11NO4/c15-13(16)11-7-12(18-14-11)8-1-3-9(4-2-8)17-10-5-6-10/h1-4,7,10H,5-6H2,(H,15,16). The number of carboxylic acid groups (broad SMARTS) is 1. The van der Waals surface area contributed by atoms with Gasteiger partial charge in [0.15, 0.2) is 11.5 Å². The van der Waals surface area contributed by atoms with Crippen molar-refractivity contribution in [3.05, 3.63) is 36.0 Å². The molecule has 0 saturated heterocycles. The monoisotopic (exact) mass is 245 g/mol. The van der Waals surface area contributed by atoms with Crippen LogP contribution < -0.4 is 4.74 Å². The van der Waals surface area contributed by atoms with Crippen LogP contribution in [-0.4, -0.2) is 22.3 Å². The maximum Gasteiger partial charge on any atom is 0.358 e. The van der Waals surface area contributed by atoms with Gasteiger partial charge in [-0.1, -0.05) is 5.16 Å². The third kappa shape index (κ3) is 2.20. The van der Waals surface area contributed by atoms with Gasteiger partial charge < -0.3 is 14.4 Å². The molecule has 0 spiro atoms. The Morgan fingerprint density at radius 1 is 1.33 bits per heavy atom. The smallest absolute Gasteiger partial charge is 0.358 e. The first-order chi connectivity index (χ1) is 8.72. The molecule has 0 bridgehead atoms. The lowest BCUT2D eigenvalue weighted by atomic mass is 10.1. The van der Waals surface area contributed by atoms with E-state index in [1.165, 1.54) is 6.07 Å². The lowest BCUT2D eigenvalue weighted by molar-refractivity contribution is 0.0686. The summed E-state index contributed by atoms with van der Waals surface area (Å²) >= 11 is 0. The maximum atomic E-state index is 10.7. The molecular weight excluding hydrogens is 234 g/mol. The van der Waals surface area contributed by atoms with Gasteiger partial charge in [0.1, 0.15) is 5.75 Å². The second-order valence-corrected chi connectivity index (χ2v) is 4.22. The van der Waals surface area contributed by atoms with Crippen molar-refractivity contribution in [1.82, 2.24) is 5.16 Å². The van der Waals surface area contributed by atoms with Gasteiger partial charge in [-0.2, -0.15) is 0 Å². The molecule has 92 valence electrons. The van der Waals surface area contributed by atoms with Crippen LogP contribution >= 0.6 is 0 Å². The molecule has 0 radical (unpaired) electrons. The Balaban J connectivity index is 1.79. The van der Waals surface area contributed by atoms with Crippen molar-refractivity contribution in [2.24, 2.45) is 0 Å². The Hall–Kier alpha value is -2.30. The summed E-state index contributed by atoms with van der Waals surface area (Å²) in [5.74, 6) is 0.156. The summed E-state index contributed by atoms with van der Waals surface area (Å²) in [6, 6.07) is 8.74. The fourth-order valence-corrected chi connectivity index (χ4v) is 1.59. The molecule has 3 rings (SSSR count). The minimum Gasteiger partial charge on any atom is -0.490 e. The van der Waals surface area contributed by atoms with Gasteiger partial charge in [0.05, 0.1) is 6.10 Å². The van der Waals surface area contributed by atoms with Gasteiger partial charge in [0, 0.05) is 11.6 Å². The number of hydrogen-bond acceptors (Lipinski definition) is 4. The molecule has 5 nitrogen and oxygen atoms in total. The molecule has 1 N–H and O–H groups in total. The van der Waals surface area contributed by atoms with Crippen LogP contribution in [0.25, 0.3) is 11.3 Å². The number of hydrogen-bond donors (Lipinski definition) is 1. The Kier molecular flexibility index (Phi) is 2.51. The molecule has 1 aliphatic carbocycles. The summed E-state index contributed by atoms with van der Waals surface area (Å²) in [6.07, 6.45) is 2.59. The van der Waals surface area contributed by atoms with Crippen LogP contribution in [0.5, 0.6) is 5.75 Å². The van der Waals surface area contributed by atoms with Gasteiger partial charge in [-0.3, -0.25) is 0 Å². The highest BCUT2D eigenvalue weighted by Gasteiger charge is 2.23. The van der Waals surface area contributed by atoms with Crippen molar-refractivity contribution in [3.63, 3.8) is 0 Å². The number of benzene rings is 1. The molecule has 0 unspecified atom stereocenters. The summed E-state index contributed by atoms with van der Waals surface area (Å²) < 4.78 is 10.6. The third-order valence-electron chi connectivity index (χ3n) is 2.70. The molecule has 1 heterocycles. The molecular formula is C13H11NO4. The number of carbonyl (C=O) groups is 1. The Morgan fingerprint density at radius 3 is 2.61 bits per heavy atom. The van der Waals surface area contributed by atoms with Gasteiger partial charge in [-0.15, -0.1) is 0 Å². The second kappa shape index (κ2) is 4.18.